The van der Waals surface area contributed by atoms with E-state index >= 15 is 0 Å². The van der Waals surface area contributed by atoms with E-state index in [0.29, 0.717) is 19.0 Å². The molecule has 0 radical (unpaired) electrons. The molecule has 3 rings (SSSR count). The number of carbonyl (C=O) groups is 1. The average Bonchev–Trinajstić information content (AvgIpc) is 2.60. The van der Waals surface area contributed by atoms with Crippen molar-refractivity contribution in [1.82, 2.24) is 15.3 Å². The van der Waals surface area contributed by atoms with E-state index in [0.717, 1.165) is 36.3 Å². The summed E-state index contributed by atoms with van der Waals surface area (Å²) in [5.74, 6) is 0.372. The highest BCUT2D eigenvalue weighted by atomic mass is 19.1. The Morgan fingerprint density at radius 3 is 2.60 bits per heavy atom. The van der Waals surface area contributed by atoms with E-state index in [2.05, 4.69) is 20.2 Å². The van der Waals surface area contributed by atoms with Gasteiger partial charge in [-0.2, -0.15) is 0 Å². The maximum absolute atomic E-state index is 12.9. The predicted octanol–water partition coefficient (Wildman–Crippen LogP) is 2.77. The number of piperidine rings is 1. The van der Waals surface area contributed by atoms with Crippen LogP contribution in [-0.4, -0.2) is 29.0 Å². The minimum absolute atomic E-state index is 0.0263. The average molecular weight is 342 g/mol. The van der Waals surface area contributed by atoms with Crippen LogP contribution in [0.4, 0.5) is 10.3 Å². The Balaban J connectivity index is 1.60. The summed E-state index contributed by atoms with van der Waals surface area (Å²) in [6, 6.07) is 8.13. The molecule has 0 bridgehead atoms. The fourth-order valence-corrected chi connectivity index (χ4v) is 3.16. The van der Waals surface area contributed by atoms with Gasteiger partial charge >= 0.3 is 0 Å². The molecule has 1 unspecified atom stereocenters. The molecule has 5 nitrogen and oxygen atoms in total. The molecule has 1 amide bonds. The number of aryl methyl sites for hydroxylation is 2. The topological polar surface area (TPSA) is 58.1 Å². The lowest BCUT2D eigenvalue weighted by Gasteiger charge is -2.32. The summed E-state index contributed by atoms with van der Waals surface area (Å²) in [4.78, 5) is 23.6. The van der Waals surface area contributed by atoms with Crippen LogP contribution < -0.4 is 10.2 Å². The van der Waals surface area contributed by atoms with Gasteiger partial charge < -0.3 is 10.2 Å². The maximum atomic E-state index is 12.9. The molecule has 2 aromatic rings. The van der Waals surface area contributed by atoms with Gasteiger partial charge in [0.05, 0.1) is 5.92 Å². The maximum Gasteiger partial charge on any atom is 0.225 e. The van der Waals surface area contributed by atoms with Crippen molar-refractivity contribution in [1.29, 1.82) is 0 Å². The SMILES string of the molecule is Cc1cc(C)nc(N2CCCC(C(=O)NCc3ccc(F)cc3)C2)n1. The normalized spacial score (nSPS) is 17.4. The third kappa shape index (κ3) is 4.53. The molecule has 1 fully saturated rings. The molecule has 1 aliphatic rings. The highest BCUT2D eigenvalue weighted by Crippen LogP contribution is 2.21. The molecule has 132 valence electrons. The fourth-order valence-electron chi connectivity index (χ4n) is 3.16. The summed E-state index contributed by atoms with van der Waals surface area (Å²) in [7, 11) is 0. The second-order valence-corrected chi connectivity index (χ2v) is 6.58. The molecule has 0 saturated carbocycles. The number of nitrogens with one attached hydrogen (secondary N) is 1. The molecule has 1 N–H and O–H groups in total. The van der Waals surface area contributed by atoms with Crippen molar-refractivity contribution >= 4 is 11.9 Å². The number of amides is 1. The number of benzene rings is 1. The zero-order valence-electron chi connectivity index (χ0n) is 14.6. The van der Waals surface area contributed by atoms with Crippen LogP contribution in [0.25, 0.3) is 0 Å². The van der Waals surface area contributed by atoms with Gasteiger partial charge in [0.15, 0.2) is 0 Å². The van der Waals surface area contributed by atoms with Crippen LogP contribution >= 0.6 is 0 Å². The van der Waals surface area contributed by atoms with Crippen LogP contribution in [0.15, 0.2) is 30.3 Å². The van der Waals surface area contributed by atoms with Gasteiger partial charge in [-0.05, 0) is 50.5 Å². The Labute approximate surface area is 147 Å². The van der Waals surface area contributed by atoms with Crippen LogP contribution in [0.2, 0.25) is 0 Å². The number of hydrogen-bond acceptors (Lipinski definition) is 4. The van der Waals surface area contributed by atoms with E-state index in [1.165, 1.54) is 12.1 Å². The summed E-state index contributed by atoms with van der Waals surface area (Å²) >= 11 is 0. The third-order valence-electron chi connectivity index (χ3n) is 4.43. The highest BCUT2D eigenvalue weighted by Gasteiger charge is 2.27. The molecular weight excluding hydrogens is 319 g/mol. The molecule has 2 heterocycles. The van der Waals surface area contributed by atoms with E-state index in [1.54, 1.807) is 12.1 Å². The summed E-state index contributed by atoms with van der Waals surface area (Å²) in [6.45, 7) is 5.81. The minimum atomic E-state index is -0.272. The first-order valence-electron chi connectivity index (χ1n) is 8.60. The summed E-state index contributed by atoms with van der Waals surface area (Å²) < 4.78 is 12.9. The first-order chi connectivity index (χ1) is 12.0. The van der Waals surface area contributed by atoms with Gasteiger partial charge in [-0.3, -0.25) is 4.79 Å². The number of anilines is 1. The number of nitrogens with zero attached hydrogens (tertiary/aromatic N) is 3. The van der Waals surface area contributed by atoms with E-state index < -0.39 is 0 Å². The second kappa shape index (κ2) is 7.59. The standard InChI is InChI=1S/C19H23FN4O/c1-13-10-14(2)23-19(22-13)24-9-3-4-16(12-24)18(25)21-11-15-5-7-17(20)8-6-15/h5-8,10,16H,3-4,9,11-12H2,1-2H3,(H,21,25). The molecule has 0 spiro atoms. The van der Waals surface area contributed by atoms with Gasteiger partial charge in [0.1, 0.15) is 5.82 Å². The third-order valence-corrected chi connectivity index (χ3v) is 4.43. The lowest BCUT2D eigenvalue weighted by molar-refractivity contribution is -0.125. The van der Waals surface area contributed by atoms with E-state index in [9.17, 15) is 9.18 Å². The van der Waals surface area contributed by atoms with Crippen molar-refractivity contribution in [2.24, 2.45) is 5.92 Å². The fraction of sp³-hybridized carbons (Fsp3) is 0.421. The van der Waals surface area contributed by atoms with Crippen LogP contribution in [0.5, 0.6) is 0 Å². The Morgan fingerprint density at radius 2 is 1.92 bits per heavy atom. The molecule has 1 saturated heterocycles. The number of hydrogen-bond donors (Lipinski definition) is 1. The van der Waals surface area contributed by atoms with Crippen molar-refractivity contribution in [3.8, 4) is 0 Å². The Kier molecular flexibility index (Phi) is 5.26. The smallest absolute Gasteiger partial charge is 0.225 e. The minimum Gasteiger partial charge on any atom is -0.352 e. The molecule has 6 heteroatoms. The van der Waals surface area contributed by atoms with Gasteiger partial charge in [-0.15, -0.1) is 0 Å². The number of halogens is 1. The molecule has 1 aliphatic heterocycles. The number of carbonyl (C=O) groups excluding carboxylic acids is 1. The molecule has 0 aliphatic carbocycles. The van der Waals surface area contributed by atoms with Crippen LogP contribution in [-0.2, 0) is 11.3 Å². The summed E-state index contributed by atoms with van der Waals surface area (Å²) in [6.07, 6.45) is 1.79. The van der Waals surface area contributed by atoms with Gasteiger partial charge in [0.25, 0.3) is 0 Å². The van der Waals surface area contributed by atoms with Gasteiger partial charge in [-0.25, -0.2) is 14.4 Å². The Morgan fingerprint density at radius 1 is 1.24 bits per heavy atom. The first-order valence-corrected chi connectivity index (χ1v) is 8.60. The van der Waals surface area contributed by atoms with E-state index in [1.807, 2.05) is 19.9 Å². The molecule has 1 atom stereocenters. The zero-order chi connectivity index (χ0) is 17.8. The second-order valence-electron chi connectivity index (χ2n) is 6.58. The van der Waals surface area contributed by atoms with Crippen LogP contribution in [0.1, 0.15) is 29.8 Å². The van der Waals surface area contributed by atoms with Crippen molar-refractivity contribution in [2.45, 2.75) is 33.2 Å². The van der Waals surface area contributed by atoms with E-state index in [4.69, 9.17) is 0 Å². The predicted molar refractivity (Wildman–Crippen MR) is 94.7 cm³/mol. The molecule has 1 aromatic carbocycles. The number of aromatic nitrogens is 2. The Bertz CT molecular complexity index is 727. The quantitative estimate of drug-likeness (QED) is 0.928. The van der Waals surface area contributed by atoms with Gasteiger partial charge in [0.2, 0.25) is 11.9 Å². The Hall–Kier alpha value is -2.50. The number of rotatable bonds is 4. The zero-order valence-corrected chi connectivity index (χ0v) is 14.6. The first kappa shape index (κ1) is 17.3. The van der Waals surface area contributed by atoms with Crippen molar-refractivity contribution in [3.63, 3.8) is 0 Å². The molecule has 25 heavy (non-hydrogen) atoms. The molecule has 1 aromatic heterocycles. The van der Waals surface area contributed by atoms with Crippen molar-refractivity contribution in [2.75, 3.05) is 18.0 Å². The summed E-state index contributed by atoms with van der Waals surface area (Å²) in [5, 5.41) is 2.95. The van der Waals surface area contributed by atoms with Crippen molar-refractivity contribution < 1.29 is 9.18 Å². The molecular formula is C19H23FN4O. The summed E-state index contributed by atoms with van der Waals surface area (Å²) in [5.41, 5.74) is 2.76. The van der Waals surface area contributed by atoms with Gasteiger partial charge in [-0.1, -0.05) is 12.1 Å². The van der Waals surface area contributed by atoms with Gasteiger partial charge in [0, 0.05) is 31.0 Å². The lowest BCUT2D eigenvalue weighted by Crippen LogP contribution is -2.43. The monoisotopic (exact) mass is 342 g/mol. The van der Waals surface area contributed by atoms with Crippen LogP contribution in [0, 0.1) is 25.6 Å². The van der Waals surface area contributed by atoms with E-state index in [-0.39, 0.29) is 17.6 Å². The largest absolute Gasteiger partial charge is 0.352 e. The van der Waals surface area contributed by atoms with Crippen LogP contribution in [0.3, 0.4) is 0 Å². The lowest BCUT2D eigenvalue weighted by atomic mass is 9.97. The highest BCUT2D eigenvalue weighted by molar-refractivity contribution is 5.79. The van der Waals surface area contributed by atoms with Crippen molar-refractivity contribution in [3.05, 3.63) is 53.1 Å².